The van der Waals surface area contributed by atoms with Crippen molar-refractivity contribution in [3.8, 4) is 0 Å². The summed E-state index contributed by atoms with van der Waals surface area (Å²) in [7, 11) is 2.07. The summed E-state index contributed by atoms with van der Waals surface area (Å²) in [5.74, 6) is 0.206. The molecule has 2 aliphatic rings. The van der Waals surface area contributed by atoms with Gasteiger partial charge in [-0.15, -0.1) is 0 Å². The number of nitrogens with one attached hydrogen (secondary N) is 1. The fourth-order valence-corrected chi connectivity index (χ4v) is 4.01. The Kier molecular flexibility index (Phi) is 6.32. The van der Waals surface area contributed by atoms with Crippen molar-refractivity contribution in [2.45, 2.75) is 38.3 Å². The van der Waals surface area contributed by atoms with Crippen molar-refractivity contribution < 1.29 is 4.79 Å². The molecule has 0 aliphatic carbocycles. The smallest absolute Gasteiger partial charge is 0.237 e. The molecule has 0 bridgehead atoms. The van der Waals surface area contributed by atoms with Gasteiger partial charge < -0.3 is 10.2 Å². The third-order valence-corrected chi connectivity index (χ3v) is 5.49. The Morgan fingerprint density at radius 2 is 1.84 bits per heavy atom. The number of carbonyl (C=O) groups is 1. The number of hydrogen-bond acceptors (Lipinski definition) is 4. The van der Waals surface area contributed by atoms with Gasteiger partial charge in [0.1, 0.15) is 0 Å². The maximum atomic E-state index is 12.5. The van der Waals surface area contributed by atoms with E-state index in [1.54, 1.807) is 0 Å². The van der Waals surface area contributed by atoms with Gasteiger partial charge in [-0.25, -0.2) is 0 Å². The van der Waals surface area contributed by atoms with Crippen LogP contribution in [0.2, 0.25) is 0 Å². The summed E-state index contributed by atoms with van der Waals surface area (Å²) < 4.78 is 0. The normalized spacial score (nSPS) is 24.1. The third kappa shape index (κ3) is 4.95. The lowest BCUT2D eigenvalue weighted by atomic mass is 10.0. The first kappa shape index (κ1) is 18.2. The van der Waals surface area contributed by atoms with Crippen molar-refractivity contribution in [3.05, 3.63) is 30.3 Å². The molecule has 2 aliphatic heterocycles. The number of rotatable bonds is 5. The fraction of sp³-hybridized carbons (Fsp3) is 0.650. The van der Waals surface area contributed by atoms with Crippen molar-refractivity contribution in [1.82, 2.24) is 15.1 Å². The maximum absolute atomic E-state index is 12.5. The average molecular weight is 345 g/mol. The van der Waals surface area contributed by atoms with E-state index < -0.39 is 0 Å². The van der Waals surface area contributed by atoms with Gasteiger partial charge in [0, 0.05) is 44.5 Å². The number of para-hydroxylation sites is 1. The first-order valence-electron chi connectivity index (χ1n) is 9.66. The predicted octanol–water partition coefficient (Wildman–Crippen LogP) is 1.80. The highest BCUT2D eigenvalue weighted by atomic mass is 16.2. The highest BCUT2D eigenvalue weighted by Gasteiger charge is 2.27. The van der Waals surface area contributed by atoms with E-state index in [0.717, 1.165) is 52.1 Å². The van der Waals surface area contributed by atoms with Gasteiger partial charge in [-0.05, 0) is 45.5 Å². The zero-order chi connectivity index (χ0) is 17.6. The fourth-order valence-electron chi connectivity index (χ4n) is 4.01. The zero-order valence-electron chi connectivity index (χ0n) is 15.7. The van der Waals surface area contributed by atoms with Crippen molar-refractivity contribution in [2.75, 3.05) is 51.2 Å². The van der Waals surface area contributed by atoms with Crippen LogP contribution in [0, 0.1) is 0 Å². The monoisotopic (exact) mass is 344 g/mol. The van der Waals surface area contributed by atoms with Gasteiger partial charge in [0.05, 0.1) is 6.04 Å². The van der Waals surface area contributed by atoms with Crippen LogP contribution in [0.5, 0.6) is 0 Å². The van der Waals surface area contributed by atoms with Gasteiger partial charge in [-0.3, -0.25) is 14.6 Å². The minimum Gasteiger partial charge on any atom is -0.369 e. The van der Waals surface area contributed by atoms with Crippen LogP contribution in [-0.4, -0.2) is 74.1 Å². The molecule has 0 saturated carbocycles. The summed E-state index contributed by atoms with van der Waals surface area (Å²) in [5, 5.41) is 3.23. The van der Waals surface area contributed by atoms with E-state index in [2.05, 4.69) is 64.3 Å². The molecule has 2 atom stereocenters. The van der Waals surface area contributed by atoms with Gasteiger partial charge in [0.25, 0.3) is 0 Å². The minimum absolute atomic E-state index is 0.0612. The molecular weight excluding hydrogens is 312 g/mol. The quantitative estimate of drug-likeness (QED) is 0.884. The number of carbonyl (C=O) groups excluding carboxylic acids is 1. The molecule has 5 heteroatoms. The van der Waals surface area contributed by atoms with Gasteiger partial charge >= 0.3 is 0 Å². The van der Waals surface area contributed by atoms with Crippen molar-refractivity contribution >= 4 is 11.6 Å². The summed E-state index contributed by atoms with van der Waals surface area (Å²) in [5.41, 5.74) is 1.31. The number of likely N-dealkylation sites (N-methyl/N-ethyl adjacent to an activating group) is 1. The second kappa shape index (κ2) is 8.68. The van der Waals surface area contributed by atoms with E-state index in [-0.39, 0.29) is 18.0 Å². The topological polar surface area (TPSA) is 38.8 Å². The lowest BCUT2D eigenvalue weighted by Crippen LogP contribution is -2.54. The molecule has 3 rings (SSSR count). The lowest BCUT2D eigenvalue weighted by Gasteiger charge is -2.38. The molecule has 0 unspecified atom stereocenters. The molecule has 0 aromatic heterocycles. The summed E-state index contributed by atoms with van der Waals surface area (Å²) in [6, 6.07) is 10.9. The van der Waals surface area contributed by atoms with Crippen LogP contribution in [0.4, 0.5) is 5.69 Å². The SMILES string of the molecule is C[C@@H](CN1CCN(c2ccccc2)CC1)NC(=O)[C@@H]1CCCCN1C. The van der Waals surface area contributed by atoms with Crippen LogP contribution in [-0.2, 0) is 4.79 Å². The molecule has 1 aromatic rings. The van der Waals surface area contributed by atoms with E-state index in [4.69, 9.17) is 0 Å². The van der Waals surface area contributed by atoms with Gasteiger partial charge in [-0.2, -0.15) is 0 Å². The predicted molar refractivity (Wildman–Crippen MR) is 103 cm³/mol. The summed E-state index contributed by atoms with van der Waals surface area (Å²) >= 11 is 0. The molecule has 2 fully saturated rings. The van der Waals surface area contributed by atoms with Gasteiger partial charge in [0.2, 0.25) is 5.91 Å². The molecule has 1 N–H and O–H groups in total. The van der Waals surface area contributed by atoms with Crippen LogP contribution < -0.4 is 10.2 Å². The largest absolute Gasteiger partial charge is 0.369 e. The molecule has 138 valence electrons. The van der Waals surface area contributed by atoms with Crippen molar-refractivity contribution in [3.63, 3.8) is 0 Å². The average Bonchev–Trinajstić information content (AvgIpc) is 2.63. The molecule has 25 heavy (non-hydrogen) atoms. The molecule has 0 radical (unpaired) electrons. The third-order valence-electron chi connectivity index (χ3n) is 5.49. The van der Waals surface area contributed by atoms with E-state index in [0.29, 0.717) is 0 Å². The first-order valence-corrected chi connectivity index (χ1v) is 9.66. The molecule has 1 aromatic carbocycles. The van der Waals surface area contributed by atoms with E-state index in [1.165, 1.54) is 12.1 Å². The number of piperidine rings is 1. The van der Waals surface area contributed by atoms with Gasteiger partial charge in [0.15, 0.2) is 0 Å². The summed E-state index contributed by atoms with van der Waals surface area (Å²) in [6.07, 6.45) is 3.37. The summed E-state index contributed by atoms with van der Waals surface area (Å²) in [4.78, 5) is 19.6. The van der Waals surface area contributed by atoms with E-state index in [1.807, 2.05) is 0 Å². The summed E-state index contributed by atoms with van der Waals surface area (Å²) in [6.45, 7) is 8.31. The second-order valence-electron chi connectivity index (χ2n) is 7.53. The van der Waals surface area contributed by atoms with Crippen LogP contribution in [0.15, 0.2) is 30.3 Å². The number of likely N-dealkylation sites (tertiary alicyclic amines) is 1. The van der Waals surface area contributed by atoms with Crippen LogP contribution in [0.3, 0.4) is 0 Å². The lowest BCUT2D eigenvalue weighted by molar-refractivity contribution is -0.127. The highest BCUT2D eigenvalue weighted by Crippen LogP contribution is 2.17. The number of amides is 1. The molecule has 5 nitrogen and oxygen atoms in total. The Hall–Kier alpha value is -1.59. The van der Waals surface area contributed by atoms with Gasteiger partial charge in [-0.1, -0.05) is 24.6 Å². The number of benzene rings is 1. The maximum Gasteiger partial charge on any atom is 0.237 e. The minimum atomic E-state index is 0.0612. The number of anilines is 1. The van der Waals surface area contributed by atoms with E-state index >= 15 is 0 Å². The second-order valence-corrected chi connectivity index (χ2v) is 7.53. The number of hydrogen-bond donors (Lipinski definition) is 1. The highest BCUT2D eigenvalue weighted by molar-refractivity contribution is 5.82. The number of nitrogens with zero attached hydrogens (tertiary/aromatic N) is 3. The molecule has 2 saturated heterocycles. The van der Waals surface area contributed by atoms with Crippen LogP contribution in [0.1, 0.15) is 26.2 Å². The number of piperazine rings is 1. The molecule has 1 amide bonds. The first-order chi connectivity index (χ1) is 12.1. The van der Waals surface area contributed by atoms with Crippen LogP contribution >= 0.6 is 0 Å². The Balaban J connectivity index is 1.41. The van der Waals surface area contributed by atoms with Crippen molar-refractivity contribution in [2.24, 2.45) is 0 Å². The van der Waals surface area contributed by atoms with Crippen molar-refractivity contribution in [1.29, 1.82) is 0 Å². The Morgan fingerprint density at radius 1 is 1.12 bits per heavy atom. The van der Waals surface area contributed by atoms with E-state index in [9.17, 15) is 4.79 Å². The molecule has 2 heterocycles. The van der Waals surface area contributed by atoms with Crippen LogP contribution in [0.25, 0.3) is 0 Å². The zero-order valence-corrected chi connectivity index (χ0v) is 15.7. The Bertz CT molecular complexity index is 542. The molecule has 0 spiro atoms. The molecular formula is C20H32N4O. The Morgan fingerprint density at radius 3 is 2.52 bits per heavy atom. The Labute approximate surface area is 152 Å². The standard InChI is InChI=1S/C20H32N4O/c1-17(21-20(25)19-10-6-7-11-22(19)2)16-23-12-14-24(15-13-23)18-8-4-3-5-9-18/h3-5,8-9,17,19H,6-7,10-16H2,1-2H3,(H,21,25)/t17-,19-/m0/s1.